The van der Waals surface area contributed by atoms with Crippen molar-refractivity contribution in [2.24, 2.45) is 0 Å². The van der Waals surface area contributed by atoms with Gasteiger partial charge in [0.1, 0.15) is 11.9 Å². The zero-order valence-electron chi connectivity index (χ0n) is 14.4. The van der Waals surface area contributed by atoms with E-state index < -0.39 is 0 Å². The lowest BCUT2D eigenvalue weighted by molar-refractivity contribution is 0.0526. The first-order valence-corrected chi connectivity index (χ1v) is 8.51. The number of rotatable bonds is 5. The Labute approximate surface area is 154 Å². The molecule has 0 atom stereocenters. The molecule has 0 bridgehead atoms. The lowest BCUT2D eigenvalue weighted by Gasteiger charge is -2.24. The van der Waals surface area contributed by atoms with Gasteiger partial charge in [0.2, 0.25) is 0 Å². The van der Waals surface area contributed by atoms with Gasteiger partial charge in [0.05, 0.1) is 12.2 Å². The molecule has 0 unspecified atom stereocenters. The van der Waals surface area contributed by atoms with Crippen molar-refractivity contribution in [3.8, 4) is 16.9 Å². The van der Waals surface area contributed by atoms with Crippen molar-refractivity contribution in [1.82, 2.24) is 5.32 Å². The van der Waals surface area contributed by atoms with Crippen LogP contribution < -0.4 is 10.1 Å². The molecule has 1 N–H and O–H groups in total. The molecule has 1 heterocycles. The molecule has 5 heteroatoms. The lowest BCUT2D eigenvalue weighted by Crippen LogP contribution is -2.34. The van der Waals surface area contributed by atoms with Gasteiger partial charge < -0.3 is 14.8 Å². The summed E-state index contributed by atoms with van der Waals surface area (Å²) in [5.41, 5.74) is 2.59. The molecule has 0 aromatic heterocycles. The zero-order valence-corrected chi connectivity index (χ0v) is 15.2. The molecular weight excluding hydrogens is 338 g/mol. The lowest BCUT2D eigenvalue weighted by atomic mass is 10.0. The Bertz CT molecular complexity index is 699. The Morgan fingerprint density at radius 2 is 1.76 bits per heavy atom. The molecule has 4 nitrogen and oxygen atoms in total. The SMILES string of the molecule is CCOC(=O)c1cccc(-c2cccc(OC3CCNCC3)c2)c1.Cl. The van der Waals surface area contributed by atoms with Crippen molar-refractivity contribution in [1.29, 1.82) is 0 Å². The Morgan fingerprint density at radius 1 is 1.08 bits per heavy atom. The van der Waals surface area contributed by atoms with Crippen LogP contribution in [0.1, 0.15) is 30.1 Å². The summed E-state index contributed by atoms with van der Waals surface area (Å²) in [7, 11) is 0. The second-order valence-electron chi connectivity index (χ2n) is 5.90. The Hall–Kier alpha value is -2.04. The van der Waals surface area contributed by atoms with Gasteiger partial charge in [-0.2, -0.15) is 0 Å². The first-order valence-electron chi connectivity index (χ1n) is 8.51. The fraction of sp³-hybridized carbons (Fsp3) is 0.350. The number of hydrogen-bond donors (Lipinski definition) is 1. The molecular formula is C20H24ClNO3. The number of halogens is 1. The molecule has 0 amide bonds. The zero-order chi connectivity index (χ0) is 16.8. The van der Waals surface area contributed by atoms with Gasteiger partial charge in [0, 0.05) is 0 Å². The van der Waals surface area contributed by atoms with Crippen molar-refractivity contribution in [3.05, 3.63) is 54.1 Å². The normalized spacial score (nSPS) is 14.4. The topological polar surface area (TPSA) is 47.6 Å². The predicted molar refractivity (Wildman–Crippen MR) is 102 cm³/mol. The molecule has 1 aliphatic heterocycles. The Morgan fingerprint density at radius 3 is 2.48 bits per heavy atom. The van der Waals surface area contributed by atoms with Crippen LogP contribution in [0.5, 0.6) is 5.75 Å². The van der Waals surface area contributed by atoms with E-state index in [4.69, 9.17) is 9.47 Å². The maximum atomic E-state index is 11.9. The number of ether oxygens (including phenoxy) is 2. The highest BCUT2D eigenvalue weighted by atomic mass is 35.5. The highest BCUT2D eigenvalue weighted by Gasteiger charge is 2.15. The van der Waals surface area contributed by atoms with E-state index in [1.807, 2.05) is 49.4 Å². The summed E-state index contributed by atoms with van der Waals surface area (Å²) in [6.07, 6.45) is 2.33. The summed E-state index contributed by atoms with van der Waals surface area (Å²) < 4.78 is 11.2. The third kappa shape index (κ3) is 5.21. The third-order valence-corrected chi connectivity index (χ3v) is 4.13. The molecule has 1 aliphatic rings. The van der Waals surface area contributed by atoms with Crippen LogP contribution in [0.2, 0.25) is 0 Å². The number of esters is 1. The van der Waals surface area contributed by atoms with Gasteiger partial charge in [-0.1, -0.05) is 24.3 Å². The molecule has 2 aromatic rings. The van der Waals surface area contributed by atoms with Gasteiger partial charge >= 0.3 is 5.97 Å². The molecule has 0 aliphatic carbocycles. The number of carbonyl (C=O) groups is 1. The molecule has 2 aromatic carbocycles. The van der Waals surface area contributed by atoms with Gasteiger partial charge in [0.15, 0.2) is 0 Å². The standard InChI is InChI=1S/C20H23NO3.ClH/c1-2-23-20(22)17-7-3-5-15(13-17)16-6-4-8-19(14-16)24-18-9-11-21-12-10-18;/h3-8,13-14,18,21H,2,9-12H2,1H3;1H. The van der Waals surface area contributed by atoms with Crippen LogP contribution in [0.15, 0.2) is 48.5 Å². The minimum absolute atomic E-state index is 0. The van der Waals surface area contributed by atoms with E-state index in [9.17, 15) is 4.79 Å². The number of hydrogen-bond acceptors (Lipinski definition) is 4. The van der Waals surface area contributed by atoms with Gasteiger partial charge in [-0.05, 0) is 68.2 Å². The van der Waals surface area contributed by atoms with Crippen LogP contribution in [0, 0.1) is 0 Å². The highest BCUT2D eigenvalue weighted by molar-refractivity contribution is 5.91. The minimum Gasteiger partial charge on any atom is -0.490 e. The molecule has 0 spiro atoms. The van der Waals surface area contributed by atoms with E-state index in [1.54, 1.807) is 6.07 Å². The fourth-order valence-electron chi connectivity index (χ4n) is 2.89. The smallest absolute Gasteiger partial charge is 0.338 e. The van der Waals surface area contributed by atoms with Gasteiger partial charge in [-0.3, -0.25) is 0 Å². The summed E-state index contributed by atoms with van der Waals surface area (Å²) in [6.45, 7) is 4.20. The number of carbonyl (C=O) groups excluding carboxylic acids is 1. The average Bonchev–Trinajstić information content (AvgIpc) is 2.63. The third-order valence-electron chi connectivity index (χ3n) is 4.13. The molecule has 1 saturated heterocycles. The summed E-state index contributed by atoms with van der Waals surface area (Å²) in [5.74, 6) is 0.586. The number of benzene rings is 2. The quantitative estimate of drug-likeness (QED) is 0.815. The summed E-state index contributed by atoms with van der Waals surface area (Å²) >= 11 is 0. The molecule has 3 rings (SSSR count). The van der Waals surface area contributed by atoms with E-state index in [0.29, 0.717) is 12.2 Å². The Balaban J connectivity index is 0.00000225. The first-order chi connectivity index (χ1) is 11.8. The van der Waals surface area contributed by atoms with Crippen molar-refractivity contribution < 1.29 is 14.3 Å². The monoisotopic (exact) mass is 361 g/mol. The van der Waals surface area contributed by atoms with E-state index in [1.165, 1.54) is 0 Å². The second-order valence-corrected chi connectivity index (χ2v) is 5.90. The second kappa shape index (κ2) is 9.44. The van der Waals surface area contributed by atoms with Crippen LogP contribution in [0.4, 0.5) is 0 Å². The van der Waals surface area contributed by atoms with E-state index in [-0.39, 0.29) is 24.5 Å². The maximum Gasteiger partial charge on any atom is 0.338 e. The number of piperidine rings is 1. The fourth-order valence-corrected chi connectivity index (χ4v) is 2.89. The maximum absolute atomic E-state index is 11.9. The molecule has 0 radical (unpaired) electrons. The van der Waals surface area contributed by atoms with Gasteiger partial charge in [0.25, 0.3) is 0 Å². The predicted octanol–water partition coefficient (Wildman–Crippen LogP) is 4.08. The van der Waals surface area contributed by atoms with E-state index in [2.05, 4.69) is 5.32 Å². The summed E-state index contributed by atoms with van der Waals surface area (Å²) in [4.78, 5) is 11.9. The highest BCUT2D eigenvalue weighted by Crippen LogP contribution is 2.26. The van der Waals surface area contributed by atoms with Gasteiger partial charge in [-0.15, -0.1) is 12.4 Å². The van der Waals surface area contributed by atoms with Crippen molar-refractivity contribution >= 4 is 18.4 Å². The van der Waals surface area contributed by atoms with E-state index >= 15 is 0 Å². The van der Waals surface area contributed by atoms with Crippen molar-refractivity contribution in [2.45, 2.75) is 25.9 Å². The Kier molecular flexibility index (Phi) is 7.29. The van der Waals surface area contributed by atoms with Gasteiger partial charge in [-0.25, -0.2) is 4.79 Å². The molecule has 0 saturated carbocycles. The average molecular weight is 362 g/mol. The van der Waals surface area contributed by atoms with Crippen molar-refractivity contribution in [2.75, 3.05) is 19.7 Å². The van der Waals surface area contributed by atoms with Crippen LogP contribution in [0.25, 0.3) is 11.1 Å². The molecule has 1 fully saturated rings. The summed E-state index contributed by atoms with van der Waals surface area (Å²) in [6, 6.07) is 15.5. The van der Waals surface area contributed by atoms with Crippen molar-refractivity contribution in [3.63, 3.8) is 0 Å². The summed E-state index contributed by atoms with van der Waals surface area (Å²) in [5, 5.41) is 3.34. The number of nitrogens with one attached hydrogen (secondary N) is 1. The largest absolute Gasteiger partial charge is 0.490 e. The van der Waals surface area contributed by atoms with E-state index in [0.717, 1.165) is 42.8 Å². The minimum atomic E-state index is -0.290. The first kappa shape index (κ1) is 19.3. The van der Waals surface area contributed by atoms with Crippen LogP contribution in [-0.2, 0) is 4.74 Å². The van der Waals surface area contributed by atoms with Crippen LogP contribution in [-0.4, -0.2) is 31.8 Å². The molecule has 25 heavy (non-hydrogen) atoms. The molecule has 134 valence electrons. The van der Waals surface area contributed by atoms with Crippen LogP contribution >= 0.6 is 12.4 Å². The van der Waals surface area contributed by atoms with Crippen LogP contribution in [0.3, 0.4) is 0 Å².